The van der Waals surface area contributed by atoms with Crippen LogP contribution in [0.5, 0.6) is 0 Å². The quantitative estimate of drug-likeness (QED) is 0.606. The highest BCUT2D eigenvalue weighted by atomic mass is 35.5. The first kappa shape index (κ1) is 13.9. The summed E-state index contributed by atoms with van der Waals surface area (Å²) in [7, 11) is 0. The van der Waals surface area contributed by atoms with E-state index in [-0.39, 0.29) is 5.91 Å². The average Bonchev–Trinajstić information content (AvgIpc) is 2.29. The molecule has 0 saturated heterocycles. The normalized spacial score (nSPS) is 10.3. The topological polar surface area (TPSA) is 68.0 Å². The molecule has 0 spiro atoms. The number of amides is 1. The molecule has 1 rings (SSSR count). The standard InChI is InChI=1S/C12H18ClN3O/c1-9-7-10(12(13)15-8-9)16-11(17)5-3-2-4-6-14/h7-8H,2-6,14H2,1H3,(H,16,17). The Morgan fingerprint density at radius 2 is 2.24 bits per heavy atom. The van der Waals surface area contributed by atoms with Crippen LogP contribution in [0.3, 0.4) is 0 Å². The van der Waals surface area contributed by atoms with Crippen molar-refractivity contribution in [2.45, 2.75) is 32.6 Å². The minimum Gasteiger partial charge on any atom is -0.330 e. The van der Waals surface area contributed by atoms with E-state index in [2.05, 4.69) is 10.3 Å². The van der Waals surface area contributed by atoms with Crippen LogP contribution in [0.25, 0.3) is 0 Å². The molecule has 0 aromatic carbocycles. The van der Waals surface area contributed by atoms with Crippen molar-refractivity contribution in [3.05, 3.63) is 23.0 Å². The van der Waals surface area contributed by atoms with E-state index in [1.165, 1.54) is 0 Å². The van der Waals surface area contributed by atoms with Crippen molar-refractivity contribution in [2.24, 2.45) is 5.73 Å². The number of nitrogens with zero attached hydrogens (tertiary/aromatic N) is 1. The summed E-state index contributed by atoms with van der Waals surface area (Å²) >= 11 is 5.88. The zero-order chi connectivity index (χ0) is 12.7. The third-order valence-electron chi connectivity index (χ3n) is 2.36. The third kappa shape index (κ3) is 5.15. The fourth-order valence-electron chi connectivity index (χ4n) is 1.46. The van der Waals surface area contributed by atoms with Crippen LogP contribution in [0.2, 0.25) is 5.15 Å². The summed E-state index contributed by atoms with van der Waals surface area (Å²) in [5.41, 5.74) is 6.92. The second kappa shape index (κ2) is 7.25. The van der Waals surface area contributed by atoms with E-state index < -0.39 is 0 Å². The molecular formula is C12H18ClN3O. The van der Waals surface area contributed by atoms with Gasteiger partial charge in [-0.05, 0) is 37.9 Å². The Bertz CT molecular complexity index is 382. The van der Waals surface area contributed by atoms with E-state index in [0.29, 0.717) is 23.8 Å². The summed E-state index contributed by atoms with van der Waals surface area (Å²) in [6, 6.07) is 1.81. The zero-order valence-electron chi connectivity index (χ0n) is 10.0. The van der Waals surface area contributed by atoms with Crippen LogP contribution >= 0.6 is 11.6 Å². The lowest BCUT2D eigenvalue weighted by Crippen LogP contribution is -2.12. The van der Waals surface area contributed by atoms with E-state index in [0.717, 1.165) is 24.8 Å². The number of hydrogen-bond donors (Lipinski definition) is 2. The molecule has 0 atom stereocenters. The van der Waals surface area contributed by atoms with Crippen LogP contribution in [-0.2, 0) is 4.79 Å². The van der Waals surface area contributed by atoms with Crippen LogP contribution < -0.4 is 11.1 Å². The summed E-state index contributed by atoms with van der Waals surface area (Å²) in [4.78, 5) is 15.6. The number of carbonyl (C=O) groups excluding carboxylic acids is 1. The number of halogens is 1. The van der Waals surface area contributed by atoms with Gasteiger partial charge in [-0.3, -0.25) is 4.79 Å². The third-order valence-corrected chi connectivity index (χ3v) is 2.66. The molecular weight excluding hydrogens is 238 g/mol. The average molecular weight is 256 g/mol. The lowest BCUT2D eigenvalue weighted by atomic mass is 10.2. The molecule has 3 N–H and O–H groups in total. The minimum atomic E-state index is -0.0312. The molecule has 5 heteroatoms. The zero-order valence-corrected chi connectivity index (χ0v) is 10.8. The molecule has 17 heavy (non-hydrogen) atoms. The SMILES string of the molecule is Cc1cnc(Cl)c(NC(=O)CCCCCN)c1. The molecule has 4 nitrogen and oxygen atoms in total. The van der Waals surface area contributed by atoms with Crippen molar-refractivity contribution in [1.29, 1.82) is 0 Å². The smallest absolute Gasteiger partial charge is 0.224 e. The Morgan fingerprint density at radius 3 is 2.94 bits per heavy atom. The molecule has 0 aliphatic heterocycles. The molecule has 1 amide bonds. The van der Waals surface area contributed by atoms with Crippen molar-refractivity contribution in [2.75, 3.05) is 11.9 Å². The van der Waals surface area contributed by atoms with E-state index >= 15 is 0 Å². The largest absolute Gasteiger partial charge is 0.330 e. The molecule has 0 aliphatic carbocycles. The van der Waals surface area contributed by atoms with Crippen molar-refractivity contribution < 1.29 is 4.79 Å². The maximum Gasteiger partial charge on any atom is 0.224 e. The van der Waals surface area contributed by atoms with Gasteiger partial charge in [0, 0.05) is 12.6 Å². The van der Waals surface area contributed by atoms with Gasteiger partial charge in [0.25, 0.3) is 0 Å². The van der Waals surface area contributed by atoms with Crippen LogP contribution in [-0.4, -0.2) is 17.4 Å². The molecule has 0 saturated carbocycles. The predicted molar refractivity (Wildman–Crippen MR) is 70.1 cm³/mol. The Kier molecular flexibility index (Phi) is 5.94. The first-order chi connectivity index (χ1) is 8.13. The molecule has 94 valence electrons. The van der Waals surface area contributed by atoms with Crippen molar-refractivity contribution in [1.82, 2.24) is 4.98 Å². The number of carbonyl (C=O) groups is 1. The van der Waals surface area contributed by atoms with Gasteiger partial charge in [0.05, 0.1) is 5.69 Å². The fourth-order valence-corrected chi connectivity index (χ4v) is 1.61. The Morgan fingerprint density at radius 1 is 1.47 bits per heavy atom. The molecule has 0 aliphatic rings. The fraction of sp³-hybridized carbons (Fsp3) is 0.500. The molecule has 0 unspecified atom stereocenters. The summed E-state index contributed by atoms with van der Waals surface area (Å²) in [5, 5.41) is 3.09. The Labute approximate surface area is 107 Å². The second-order valence-electron chi connectivity index (χ2n) is 4.00. The van der Waals surface area contributed by atoms with Crippen LogP contribution in [0.4, 0.5) is 5.69 Å². The number of nitrogens with two attached hydrogens (primary N) is 1. The van der Waals surface area contributed by atoms with Crippen molar-refractivity contribution in [3.63, 3.8) is 0 Å². The molecule has 0 fully saturated rings. The van der Waals surface area contributed by atoms with Gasteiger partial charge in [0.1, 0.15) is 0 Å². The van der Waals surface area contributed by atoms with Gasteiger partial charge in [-0.1, -0.05) is 18.0 Å². The van der Waals surface area contributed by atoms with Gasteiger partial charge < -0.3 is 11.1 Å². The van der Waals surface area contributed by atoms with Gasteiger partial charge in [-0.25, -0.2) is 4.98 Å². The highest BCUT2D eigenvalue weighted by Gasteiger charge is 2.06. The summed E-state index contributed by atoms with van der Waals surface area (Å²) in [6.45, 7) is 2.58. The number of anilines is 1. The highest BCUT2D eigenvalue weighted by molar-refractivity contribution is 6.32. The van der Waals surface area contributed by atoms with Gasteiger partial charge in [-0.15, -0.1) is 0 Å². The summed E-state index contributed by atoms with van der Waals surface area (Å²) in [5.74, 6) is -0.0312. The number of unbranched alkanes of at least 4 members (excludes halogenated alkanes) is 2. The van der Waals surface area contributed by atoms with Gasteiger partial charge in [-0.2, -0.15) is 0 Å². The van der Waals surface area contributed by atoms with Crippen molar-refractivity contribution in [3.8, 4) is 0 Å². The summed E-state index contributed by atoms with van der Waals surface area (Å²) in [6.07, 6.45) is 4.94. The van der Waals surface area contributed by atoms with Gasteiger partial charge in [0.15, 0.2) is 5.15 Å². The molecule has 0 radical (unpaired) electrons. The number of nitrogens with one attached hydrogen (secondary N) is 1. The van der Waals surface area contributed by atoms with Crippen LogP contribution in [0, 0.1) is 6.92 Å². The number of pyridine rings is 1. The van der Waals surface area contributed by atoms with Gasteiger partial charge >= 0.3 is 0 Å². The lowest BCUT2D eigenvalue weighted by molar-refractivity contribution is -0.116. The summed E-state index contributed by atoms with van der Waals surface area (Å²) < 4.78 is 0. The van der Waals surface area contributed by atoms with Gasteiger partial charge in [0.2, 0.25) is 5.91 Å². The van der Waals surface area contributed by atoms with Crippen molar-refractivity contribution >= 4 is 23.2 Å². The van der Waals surface area contributed by atoms with E-state index in [9.17, 15) is 4.79 Å². The molecule has 0 bridgehead atoms. The second-order valence-corrected chi connectivity index (χ2v) is 4.36. The molecule has 1 heterocycles. The Balaban J connectivity index is 2.42. The van der Waals surface area contributed by atoms with E-state index in [4.69, 9.17) is 17.3 Å². The van der Waals surface area contributed by atoms with Crippen LogP contribution in [0.15, 0.2) is 12.3 Å². The highest BCUT2D eigenvalue weighted by Crippen LogP contribution is 2.20. The number of rotatable bonds is 6. The number of aromatic nitrogens is 1. The predicted octanol–water partition coefficient (Wildman–Crippen LogP) is 2.50. The van der Waals surface area contributed by atoms with E-state index in [1.807, 2.05) is 13.0 Å². The van der Waals surface area contributed by atoms with E-state index in [1.54, 1.807) is 6.20 Å². The molecule has 1 aromatic heterocycles. The minimum absolute atomic E-state index is 0.0312. The molecule has 1 aromatic rings. The first-order valence-corrected chi connectivity index (χ1v) is 6.13. The maximum atomic E-state index is 11.6. The number of hydrogen-bond acceptors (Lipinski definition) is 3. The first-order valence-electron chi connectivity index (χ1n) is 5.75. The monoisotopic (exact) mass is 255 g/mol. The Hall–Kier alpha value is -1.13. The van der Waals surface area contributed by atoms with Crippen LogP contribution in [0.1, 0.15) is 31.2 Å². The number of aryl methyl sites for hydroxylation is 1. The lowest BCUT2D eigenvalue weighted by Gasteiger charge is -2.07. The maximum absolute atomic E-state index is 11.6.